The number of aryl methyl sites for hydroxylation is 1. The molecule has 2 rings (SSSR count). The second kappa shape index (κ2) is 7.43. The number of hydrogen-bond acceptors (Lipinski definition) is 5. The molecule has 0 saturated carbocycles. The molecule has 2 heterocycles. The smallest absolute Gasteiger partial charge is 0.237 e. The first-order valence-electron chi connectivity index (χ1n) is 7.24. The number of carbonyl (C=O) groups is 1. The molecular formula is C15H22N4OS. The van der Waals surface area contributed by atoms with E-state index in [0.29, 0.717) is 6.54 Å². The van der Waals surface area contributed by atoms with Crippen LogP contribution in [0.1, 0.15) is 19.0 Å². The maximum atomic E-state index is 12.0. The van der Waals surface area contributed by atoms with Gasteiger partial charge in [0.05, 0.1) is 18.3 Å². The van der Waals surface area contributed by atoms with Gasteiger partial charge in [0.25, 0.3) is 0 Å². The molecule has 114 valence electrons. The highest BCUT2D eigenvalue weighted by Gasteiger charge is 2.24. The molecule has 1 N–H and O–H groups in total. The van der Waals surface area contributed by atoms with Gasteiger partial charge in [-0.3, -0.25) is 9.69 Å². The number of anilines is 1. The number of terminal acetylenes is 1. The van der Waals surface area contributed by atoms with Gasteiger partial charge < -0.3 is 10.2 Å². The largest absolute Gasteiger partial charge is 0.347 e. The minimum atomic E-state index is -0.142. The minimum absolute atomic E-state index is 0.00601. The number of nitrogens with zero attached hydrogens (tertiary/aromatic N) is 3. The molecule has 1 amide bonds. The maximum absolute atomic E-state index is 12.0. The molecule has 0 spiro atoms. The van der Waals surface area contributed by atoms with Crippen molar-refractivity contribution in [1.29, 1.82) is 0 Å². The summed E-state index contributed by atoms with van der Waals surface area (Å²) < 4.78 is 0. The molecule has 1 aromatic rings. The summed E-state index contributed by atoms with van der Waals surface area (Å²) in [5.41, 5.74) is 1.07. The highest BCUT2D eigenvalue weighted by Crippen LogP contribution is 2.21. The van der Waals surface area contributed by atoms with E-state index in [9.17, 15) is 4.79 Å². The van der Waals surface area contributed by atoms with Crippen LogP contribution >= 0.6 is 11.3 Å². The van der Waals surface area contributed by atoms with E-state index >= 15 is 0 Å². The molecule has 0 bridgehead atoms. The lowest BCUT2D eigenvalue weighted by Gasteiger charge is -2.26. The molecule has 1 fully saturated rings. The van der Waals surface area contributed by atoms with Crippen molar-refractivity contribution in [3.05, 3.63) is 11.1 Å². The summed E-state index contributed by atoms with van der Waals surface area (Å²) in [6.07, 6.45) is 6.21. The molecule has 1 aliphatic heterocycles. The van der Waals surface area contributed by atoms with Crippen molar-refractivity contribution >= 4 is 22.4 Å². The van der Waals surface area contributed by atoms with Crippen LogP contribution in [0.25, 0.3) is 0 Å². The third kappa shape index (κ3) is 4.19. The molecule has 0 aromatic carbocycles. The number of rotatable bonds is 4. The fraction of sp³-hybridized carbons (Fsp3) is 0.600. The molecule has 6 heteroatoms. The van der Waals surface area contributed by atoms with Crippen LogP contribution in [0.3, 0.4) is 0 Å². The molecule has 1 aromatic heterocycles. The molecule has 21 heavy (non-hydrogen) atoms. The third-order valence-electron chi connectivity index (χ3n) is 3.70. The number of hydrogen-bond donors (Lipinski definition) is 1. The van der Waals surface area contributed by atoms with Crippen LogP contribution in [-0.2, 0) is 4.79 Å². The van der Waals surface area contributed by atoms with Gasteiger partial charge in [-0.2, -0.15) is 0 Å². The summed E-state index contributed by atoms with van der Waals surface area (Å²) in [6, 6.07) is -0.142. The van der Waals surface area contributed by atoms with Gasteiger partial charge in [0.15, 0.2) is 5.13 Å². The highest BCUT2D eigenvalue weighted by atomic mass is 32.1. The highest BCUT2D eigenvalue weighted by molar-refractivity contribution is 7.13. The lowest BCUT2D eigenvalue weighted by Crippen LogP contribution is -2.46. The molecule has 1 saturated heterocycles. The topological polar surface area (TPSA) is 48.5 Å². The van der Waals surface area contributed by atoms with Crippen LogP contribution in [0.15, 0.2) is 5.38 Å². The fourth-order valence-corrected chi connectivity index (χ4v) is 3.31. The first-order chi connectivity index (χ1) is 10.1. The Bertz CT molecular complexity index is 522. The lowest BCUT2D eigenvalue weighted by atomic mass is 10.2. The molecule has 0 aliphatic carbocycles. The van der Waals surface area contributed by atoms with Gasteiger partial charge in [-0.25, -0.2) is 4.98 Å². The average Bonchev–Trinajstić information content (AvgIpc) is 2.77. The van der Waals surface area contributed by atoms with Crippen LogP contribution in [0, 0.1) is 19.3 Å². The SMILES string of the molecule is C#CCNC(=O)C(C)N1CCCN(c2nc(C)cs2)CC1. The summed E-state index contributed by atoms with van der Waals surface area (Å²) in [5.74, 6) is 2.44. The van der Waals surface area contributed by atoms with Crippen molar-refractivity contribution in [3.63, 3.8) is 0 Å². The van der Waals surface area contributed by atoms with Crippen LogP contribution in [-0.4, -0.2) is 54.6 Å². The van der Waals surface area contributed by atoms with Gasteiger partial charge in [0.2, 0.25) is 5.91 Å². The second-order valence-corrected chi connectivity index (χ2v) is 6.08. The number of amides is 1. The van der Waals surface area contributed by atoms with Crippen molar-refractivity contribution in [1.82, 2.24) is 15.2 Å². The molecule has 0 radical (unpaired) electrons. The zero-order valence-corrected chi connectivity index (χ0v) is 13.4. The molecule has 1 atom stereocenters. The van der Waals surface area contributed by atoms with E-state index in [0.717, 1.165) is 43.4 Å². The Morgan fingerprint density at radius 2 is 2.33 bits per heavy atom. The average molecular weight is 306 g/mol. The van der Waals surface area contributed by atoms with Gasteiger partial charge in [-0.1, -0.05) is 5.92 Å². The number of nitrogens with one attached hydrogen (secondary N) is 1. The quantitative estimate of drug-likeness (QED) is 0.847. The predicted octanol–water partition coefficient (Wildman–Crippen LogP) is 1.10. The van der Waals surface area contributed by atoms with Crippen LogP contribution in [0.4, 0.5) is 5.13 Å². The Morgan fingerprint density at radius 1 is 1.52 bits per heavy atom. The zero-order chi connectivity index (χ0) is 15.2. The van der Waals surface area contributed by atoms with Crippen molar-refractivity contribution in [2.24, 2.45) is 0 Å². The Kier molecular flexibility index (Phi) is 5.59. The van der Waals surface area contributed by atoms with Crippen LogP contribution in [0.2, 0.25) is 0 Å². The Hall–Kier alpha value is -1.58. The van der Waals surface area contributed by atoms with Crippen molar-refractivity contribution < 1.29 is 4.79 Å². The van der Waals surface area contributed by atoms with E-state index in [4.69, 9.17) is 6.42 Å². The summed E-state index contributed by atoms with van der Waals surface area (Å²) >= 11 is 1.69. The van der Waals surface area contributed by atoms with E-state index in [1.807, 2.05) is 13.8 Å². The number of thiazole rings is 1. The molecular weight excluding hydrogens is 284 g/mol. The van der Waals surface area contributed by atoms with Crippen molar-refractivity contribution in [2.75, 3.05) is 37.6 Å². The zero-order valence-electron chi connectivity index (χ0n) is 12.6. The Morgan fingerprint density at radius 3 is 3.00 bits per heavy atom. The Labute approximate surface area is 130 Å². The van der Waals surface area contributed by atoms with Gasteiger partial charge in [-0.15, -0.1) is 17.8 Å². The maximum Gasteiger partial charge on any atom is 0.237 e. The van der Waals surface area contributed by atoms with Gasteiger partial charge in [-0.05, 0) is 20.3 Å². The predicted molar refractivity (Wildman–Crippen MR) is 86.6 cm³/mol. The first-order valence-corrected chi connectivity index (χ1v) is 8.12. The molecule has 1 unspecified atom stereocenters. The third-order valence-corrected chi connectivity index (χ3v) is 4.72. The van der Waals surface area contributed by atoms with Gasteiger partial charge in [0.1, 0.15) is 0 Å². The first kappa shape index (κ1) is 15.8. The molecule has 1 aliphatic rings. The lowest BCUT2D eigenvalue weighted by molar-refractivity contribution is -0.125. The summed E-state index contributed by atoms with van der Waals surface area (Å²) in [7, 11) is 0. The number of aromatic nitrogens is 1. The van der Waals surface area contributed by atoms with Gasteiger partial charge in [0, 0.05) is 31.6 Å². The number of carbonyl (C=O) groups excluding carboxylic acids is 1. The van der Waals surface area contributed by atoms with E-state index in [2.05, 4.69) is 31.4 Å². The van der Waals surface area contributed by atoms with Crippen molar-refractivity contribution in [2.45, 2.75) is 26.3 Å². The van der Waals surface area contributed by atoms with E-state index in [-0.39, 0.29) is 11.9 Å². The van der Waals surface area contributed by atoms with Crippen LogP contribution in [0.5, 0.6) is 0 Å². The van der Waals surface area contributed by atoms with E-state index < -0.39 is 0 Å². The summed E-state index contributed by atoms with van der Waals surface area (Å²) in [4.78, 5) is 21.1. The van der Waals surface area contributed by atoms with E-state index in [1.165, 1.54) is 0 Å². The minimum Gasteiger partial charge on any atom is -0.347 e. The fourth-order valence-electron chi connectivity index (χ4n) is 2.45. The van der Waals surface area contributed by atoms with Crippen LogP contribution < -0.4 is 10.2 Å². The van der Waals surface area contributed by atoms with Crippen molar-refractivity contribution in [3.8, 4) is 12.3 Å². The second-order valence-electron chi connectivity index (χ2n) is 5.25. The van der Waals surface area contributed by atoms with E-state index in [1.54, 1.807) is 11.3 Å². The molecule has 5 nitrogen and oxygen atoms in total. The summed E-state index contributed by atoms with van der Waals surface area (Å²) in [5, 5.41) is 5.91. The Balaban J connectivity index is 1.91. The summed E-state index contributed by atoms with van der Waals surface area (Å²) in [6.45, 7) is 7.93. The van der Waals surface area contributed by atoms with Gasteiger partial charge >= 0.3 is 0 Å². The standard InChI is InChI=1S/C15H22N4OS/c1-4-6-16-14(20)13(3)18-7-5-8-19(10-9-18)15-17-12(2)11-21-15/h1,11,13H,5-10H2,2-3H3,(H,16,20). The monoisotopic (exact) mass is 306 g/mol. The normalized spacial score (nSPS) is 17.9.